The van der Waals surface area contributed by atoms with Gasteiger partial charge in [-0.15, -0.1) is 4.67 Å². The van der Waals surface area contributed by atoms with Gasteiger partial charge in [-0.3, -0.25) is 14.5 Å². The second kappa shape index (κ2) is 21.1. The van der Waals surface area contributed by atoms with Gasteiger partial charge in [0.2, 0.25) is 12.0 Å². The van der Waals surface area contributed by atoms with Crippen LogP contribution in [-0.4, -0.2) is 116 Å². The van der Waals surface area contributed by atoms with Gasteiger partial charge in [-0.2, -0.15) is 4.89 Å². The van der Waals surface area contributed by atoms with E-state index >= 15 is 0 Å². The summed E-state index contributed by atoms with van der Waals surface area (Å²) in [6, 6.07) is 20.2. The summed E-state index contributed by atoms with van der Waals surface area (Å²) in [5, 5.41) is 11.3. The number of aromatic nitrogens is 4. The van der Waals surface area contributed by atoms with Crippen LogP contribution in [0.25, 0.3) is 33.6 Å². The van der Waals surface area contributed by atoms with Crippen molar-refractivity contribution < 1.29 is 62.0 Å². The first-order valence-electron chi connectivity index (χ1n) is 21.1. The van der Waals surface area contributed by atoms with Crippen molar-refractivity contribution in [1.29, 1.82) is 0 Å². The molecule has 3 aromatic carbocycles. The largest absolute Gasteiger partial charge is 0.555 e. The van der Waals surface area contributed by atoms with Gasteiger partial charge in [0.25, 0.3) is 5.91 Å². The maximum atomic E-state index is 14.1. The Balaban J connectivity index is 0.986. The molecule has 2 aromatic heterocycles. The number of rotatable bonds is 18. The van der Waals surface area contributed by atoms with Crippen molar-refractivity contribution in [3.63, 3.8) is 0 Å². The summed E-state index contributed by atoms with van der Waals surface area (Å²) in [5.41, 5.74) is 11.2. The van der Waals surface area contributed by atoms with Crippen LogP contribution >= 0.6 is 7.82 Å². The molecule has 0 aliphatic carbocycles. The minimum Gasteiger partial charge on any atom is -0.453 e. The molecular weight excluding hydrogens is 880 g/mol. The lowest BCUT2D eigenvalue weighted by atomic mass is 10.0. The molecule has 0 spiro atoms. The topological polar surface area (TPSA) is 283 Å². The molecule has 22 heteroatoms. The van der Waals surface area contributed by atoms with Crippen molar-refractivity contribution in [2.24, 2.45) is 5.73 Å². The highest BCUT2D eigenvalue weighted by Gasteiger charge is 2.40. The molecule has 2 aliphatic heterocycles. The van der Waals surface area contributed by atoms with Gasteiger partial charge < -0.3 is 54.7 Å². The predicted molar refractivity (Wildman–Crippen MR) is 235 cm³/mol. The molecule has 5 aromatic rings. The number of nitrogens with one attached hydrogen (secondary N) is 3. The number of primary amides is 1. The number of phosphoric acid groups is 1. The number of H-pyrrole nitrogens is 2. The molecule has 0 saturated carbocycles. The molecular formula is C44H51N8O13P. The summed E-state index contributed by atoms with van der Waals surface area (Å²) in [6.45, 7) is 1.60. The fourth-order valence-electron chi connectivity index (χ4n) is 8.14. The summed E-state index contributed by atoms with van der Waals surface area (Å²) < 4.78 is 36.3. The van der Waals surface area contributed by atoms with Crippen molar-refractivity contribution in [2.45, 2.75) is 69.4 Å². The van der Waals surface area contributed by atoms with E-state index in [1.165, 1.54) is 26.4 Å². The summed E-state index contributed by atoms with van der Waals surface area (Å²) in [4.78, 5) is 84.7. The molecule has 4 amide bonds. The van der Waals surface area contributed by atoms with E-state index in [9.17, 15) is 28.6 Å². The summed E-state index contributed by atoms with van der Waals surface area (Å²) in [5.74, 6) is 0.457. The number of carbonyl (C=O) groups is 4. The Morgan fingerprint density at radius 3 is 1.82 bits per heavy atom. The first kappa shape index (κ1) is 47.4. The first-order chi connectivity index (χ1) is 31.8. The van der Waals surface area contributed by atoms with Crippen LogP contribution in [0.4, 0.5) is 9.59 Å². The van der Waals surface area contributed by atoms with Crippen molar-refractivity contribution in [1.82, 2.24) is 35.1 Å². The second-order valence-electron chi connectivity index (χ2n) is 15.6. The third-order valence-electron chi connectivity index (χ3n) is 11.5. The molecule has 4 heterocycles. The molecule has 0 bridgehead atoms. The standard InChI is InChI=1S/C44H51N8O13P/c1-26(60-2)38(63-43(45)56)42(55)52-21-5-7-37(52)40-47-24-35(49-40)31-16-12-29(13-17-31)28-10-14-30(15-11-28)34-23-46-39(48-34)36-6-4-20-51(36)41(54)33(50-44(57)61-3)22-27-8-18-32(19-9-27)64-66(58,59)65-62-25-53/h8-19,23-24,26,33,36-38,53H,4-7,20-22,25H2,1-3H3,(H2,45,56)(H,46,48)(H,47,49)(H,50,57)(H,58,59)/t26-,33+,36+,37+,38+/m1/s1. The number of alkyl carbamates (subject to hydrolysis) is 1. The van der Waals surface area contributed by atoms with Crippen LogP contribution in [0.15, 0.2) is 85.2 Å². The average Bonchev–Trinajstić information content (AvgIpc) is 4.17. The molecule has 6 atom stereocenters. The third-order valence-corrected chi connectivity index (χ3v) is 12.2. The number of aliphatic hydroxyl groups is 1. The van der Waals surface area contributed by atoms with E-state index < -0.39 is 51.0 Å². The number of likely N-dealkylation sites (tertiary alicyclic amines) is 2. The number of hydrogen-bond acceptors (Lipinski definition) is 14. The zero-order valence-electron chi connectivity index (χ0n) is 36.3. The molecule has 2 saturated heterocycles. The molecule has 0 radical (unpaired) electrons. The molecule has 350 valence electrons. The Hall–Kier alpha value is -6.61. The molecule has 21 nitrogen and oxygen atoms in total. The fraction of sp³-hybridized carbons (Fsp3) is 0.364. The maximum absolute atomic E-state index is 14.1. The van der Waals surface area contributed by atoms with Crippen molar-refractivity contribution in [2.75, 3.05) is 34.1 Å². The van der Waals surface area contributed by atoms with Crippen LogP contribution in [0, 0.1) is 0 Å². The number of nitrogens with zero attached hydrogens (tertiary/aromatic N) is 4. The number of aliphatic hydroxyl groups excluding tert-OH is 1. The highest BCUT2D eigenvalue weighted by atomic mass is 31.2. The highest BCUT2D eigenvalue weighted by molar-refractivity contribution is 7.47. The number of carbonyl (C=O) groups excluding carboxylic acids is 4. The number of imidazole rings is 2. The third kappa shape index (κ3) is 11.2. The number of ether oxygens (including phenoxy) is 3. The van der Waals surface area contributed by atoms with Gasteiger partial charge in [0.05, 0.1) is 43.0 Å². The lowest BCUT2D eigenvalue weighted by Gasteiger charge is -2.29. The number of methoxy groups -OCH3 is 2. The van der Waals surface area contributed by atoms with Gasteiger partial charge in [-0.25, -0.2) is 24.1 Å². The number of benzene rings is 3. The predicted octanol–water partition coefficient (Wildman–Crippen LogP) is 5.30. The van der Waals surface area contributed by atoms with Crippen LogP contribution in [0.5, 0.6) is 5.75 Å². The van der Waals surface area contributed by atoms with E-state index in [0.717, 1.165) is 40.1 Å². The zero-order chi connectivity index (χ0) is 47.0. The van der Waals surface area contributed by atoms with Crippen molar-refractivity contribution in [3.8, 4) is 39.4 Å². The normalized spacial score (nSPS) is 18.3. The van der Waals surface area contributed by atoms with E-state index in [4.69, 9.17) is 29.6 Å². The van der Waals surface area contributed by atoms with Crippen LogP contribution in [0.1, 0.15) is 61.9 Å². The van der Waals surface area contributed by atoms with Gasteiger partial charge in [0.1, 0.15) is 29.5 Å². The quantitative estimate of drug-likeness (QED) is 0.0281. The second-order valence-corrected chi connectivity index (χ2v) is 16.9. The zero-order valence-corrected chi connectivity index (χ0v) is 37.2. The number of phosphoric ester groups is 1. The number of nitrogens with two attached hydrogens (primary N) is 1. The van der Waals surface area contributed by atoms with Crippen LogP contribution < -0.4 is 15.6 Å². The average molecular weight is 931 g/mol. The number of aromatic amines is 2. The Bertz CT molecular complexity index is 2520. The Labute approximate surface area is 379 Å². The van der Waals surface area contributed by atoms with E-state index in [1.807, 2.05) is 48.5 Å². The van der Waals surface area contributed by atoms with Gasteiger partial charge >= 0.3 is 20.0 Å². The van der Waals surface area contributed by atoms with Gasteiger partial charge in [-0.1, -0.05) is 60.7 Å². The minimum atomic E-state index is -4.67. The van der Waals surface area contributed by atoms with Crippen molar-refractivity contribution in [3.05, 3.63) is 102 Å². The Morgan fingerprint density at radius 2 is 1.33 bits per heavy atom. The molecule has 7 N–H and O–H groups in total. The monoisotopic (exact) mass is 930 g/mol. The van der Waals surface area contributed by atoms with Gasteiger partial charge in [-0.05, 0) is 72.6 Å². The lowest BCUT2D eigenvalue weighted by Crippen LogP contribution is -2.49. The maximum Gasteiger partial charge on any atom is 0.555 e. The highest BCUT2D eigenvalue weighted by Crippen LogP contribution is 2.44. The van der Waals surface area contributed by atoms with E-state index in [-0.39, 0.29) is 30.2 Å². The first-order valence-corrected chi connectivity index (χ1v) is 22.6. The lowest BCUT2D eigenvalue weighted by molar-refractivity contribution is -0.264. The molecule has 2 fully saturated rings. The van der Waals surface area contributed by atoms with E-state index in [2.05, 4.69) is 34.8 Å². The van der Waals surface area contributed by atoms with Gasteiger partial charge in [0, 0.05) is 26.6 Å². The molecule has 2 aliphatic rings. The molecule has 1 unspecified atom stereocenters. The Kier molecular flexibility index (Phi) is 15.2. The fourth-order valence-corrected chi connectivity index (χ4v) is 8.74. The molecule has 66 heavy (non-hydrogen) atoms. The van der Waals surface area contributed by atoms with Crippen molar-refractivity contribution >= 4 is 31.8 Å². The number of hydrogen-bond donors (Lipinski definition) is 6. The van der Waals surface area contributed by atoms with Crippen LogP contribution in [0.2, 0.25) is 0 Å². The van der Waals surface area contributed by atoms with Crippen LogP contribution in [0.3, 0.4) is 0 Å². The van der Waals surface area contributed by atoms with E-state index in [0.29, 0.717) is 49.6 Å². The van der Waals surface area contributed by atoms with E-state index in [1.54, 1.807) is 41.2 Å². The summed E-state index contributed by atoms with van der Waals surface area (Å²) in [6.07, 6.45) is 2.63. The summed E-state index contributed by atoms with van der Waals surface area (Å²) in [7, 11) is -2.03. The SMILES string of the molecule is COC(=O)N[C@@H](Cc1ccc(OP(=O)(O)OOCO)cc1)C(=O)N1CCC[C@H]1c1ncc(-c2ccc(-c3ccc(-c4cnc([C@@H]5CCCN5C(=O)[C@@H](OC(N)=O)[C@@H](C)OC)[nH]4)cc3)cc2)[nH]1. The number of amides is 4. The van der Waals surface area contributed by atoms with Gasteiger partial charge in [0.15, 0.2) is 6.79 Å². The molecule has 7 rings (SSSR count). The Morgan fingerprint density at radius 1 is 0.818 bits per heavy atom. The smallest absolute Gasteiger partial charge is 0.453 e. The summed E-state index contributed by atoms with van der Waals surface area (Å²) >= 11 is 0. The van der Waals surface area contributed by atoms with Crippen LogP contribution in [-0.2, 0) is 44.3 Å². The minimum absolute atomic E-state index is 0.0394.